The van der Waals surface area contributed by atoms with E-state index in [4.69, 9.17) is 29.4 Å². The molecule has 2 N–H and O–H groups in total. The third kappa shape index (κ3) is 4.07. The molecule has 3 aliphatic rings. The first-order chi connectivity index (χ1) is 16.2. The van der Waals surface area contributed by atoms with Crippen LogP contribution in [0.4, 0.5) is 5.69 Å². The zero-order valence-electron chi connectivity index (χ0n) is 18.6. The number of nitrogens with zero attached hydrogens (tertiary/aromatic N) is 4. The Hall–Kier alpha value is -3.37. The van der Waals surface area contributed by atoms with Crippen LogP contribution in [0.2, 0.25) is 0 Å². The van der Waals surface area contributed by atoms with Crippen molar-refractivity contribution in [2.45, 2.75) is 6.42 Å². The van der Waals surface area contributed by atoms with E-state index in [0.29, 0.717) is 48.5 Å². The van der Waals surface area contributed by atoms with Gasteiger partial charge in [-0.2, -0.15) is 0 Å². The topological polar surface area (TPSA) is 115 Å². The summed E-state index contributed by atoms with van der Waals surface area (Å²) in [6, 6.07) is 5.39. The molecule has 1 amide bonds. The Balaban J connectivity index is 1.42. The van der Waals surface area contributed by atoms with Crippen molar-refractivity contribution in [2.24, 2.45) is 15.7 Å². The number of hydrogen-bond acceptors (Lipinski definition) is 9. The molecule has 3 aliphatic heterocycles. The van der Waals surface area contributed by atoms with Crippen LogP contribution in [0, 0.1) is 0 Å². The van der Waals surface area contributed by atoms with Crippen molar-refractivity contribution in [2.75, 3.05) is 59.7 Å². The molecule has 0 atom stereocenters. The molecular weight excluding hydrogens is 426 g/mol. The first kappa shape index (κ1) is 21.5. The highest BCUT2D eigenvalue weighted by Crippen LogP contribution is 2.44. The van der Waals surface area contributed by atoms with Gasteiger partial charge in [0.2, 0.25) is 0 Å². The zero-order valence-corrected chi connectivity index (χ0v) is 18.6. The lowest BCUT2D eigenvalue weighted by atomic mass is 10.1. The van der Waals surface area contributed by atoms with Crippen LogP contribution in [0.15, 0.2) is 38.9 Å². The van der Waals surface area contributed by atoms with Crippen LogP contribution in [0.5, 0.6) is 11.5 Å². The molecule has 0 unspecified atom stereocenters. The molecule has 0 aliphatic carbocycles. The lowest BCUT2D eigenvalue weighted by Crippen LogP contribution is -2.38. The van der Waals surface area contributed by atoms with E-state index in [1.165, 1.54) is 6.26 Å². The number of rotatable bonds is 8. The number of primary amides is 1. The van der Waals surface area contributed by atoms with Crippen LogP contribution in [-0.2, 0) is 4.74 Å². The van der Waals surface area contributed by atoms with Crippen LogP contribution in [0.25, 0.3) is 0 Å². The largest absolute Gasteiger partial charge is 0.491 e. The second kappa shape index (κ2) is 9.24. The zero-order chi connectivity index (χ0) is 22.8. The van der Waals surface area contributed by atoms with Gasteiger partial charge in [0.05, 0.1) is 45.3 Å². The number of amidine groups is 2. The molecule has 0 radical (unpaired) electrons. The highest BCUT2D eigenvalue weighted by Gasteiger charge is 2.35. The third-order valence-electron chi connectivity index (χ3n) is 5.97. The van der Waals surface area contributed by atoms with Crippen molar-refractivity contribution in [1.82, 2.24) is 9.80 Å². The number of carbonyl (C=O) groups is 1. The van der Waals surface area contributed by atoms with Gasteiger partial charge in [-0.3, -0.25) is 14.7 Å². The molecule has 10 nitrogen and oxygen atoms in total. The Morgan fingerprint density at radius 3 is 2.82 bits per heavy atom. The van der Waals surface area contributed by atoms with Crippen molar-refractivity contribution in [3.63, 3.8) is 0 Å². The van der Waals surface area contributed by atoms with Crippen LogP contribution < -0.4 is 15.2 Å². The Kier molecular flexibility index (Phi) is 6.01. The molecule has 10 heteroatoms. The summed E-state index contributed by atoms with van der Waals surface area (Å²) in [5.41, 5.74) is 7.26. The molecule has 1 fully saturated rings. The predicted octanol–water partition coefficient (Wildman–Crippen LogP) is 1.64. The van der Waals surface area contributed by atoms with E-state index in [1.807, 2.05) is 17.0 Å². The SMILES string of the molecule is COc1c(OCCCN2CCOCC2)ccc2c1N=C(c1occc1C(N)=O)N1CCN=C21. The van der Waals surface area contributed by atoms with Gasteiger partial charge >= 0.3 is 0 Å². The van der Waals surface area contributed by atoms with E-state index in [0.717, 1.165) is 50.7 Å². The van der Waals surface area contributed by atoms with Crippen molar-refractivity contribution in [3.8, 4) is 11.5 Å². The van der Waals surface area contributed by atoms with E-state index in [-0.39, 0.29) is 5.56 Å². The highest BCUT2D eigenvalue weighted by molar-refractivity contribution is 6.22. The normalized spacial score (nSPS) is 17.8. The summed E-state index contributed by atoms with van der Waals surface area (Å²) >= 11 is 0. The molecule has 1 aromatic carbocycles. The Morgan fingerprint density at radius 1 is 1.18 bits per heavy atom. The van der Waals surface area contributed by atoms with Crippen LogP contribution in [0.3, 0.4) is 0 Å². The number of amides is 1. The van der Waals surface area contributed by atoms with Gasteiger partial charge in [0.1, 0.15) is 11.5 Å². The number of ether oxygens (including phenoxy) is 3. The van der Waals surface area contributed by atoms with Crippen molar-refractivity contribution in [1.29, 1.82) is 0 Å². The summed E-state index contributed by atoms with van der Waals surface area (Å²) < 4.78 is 22.8. The molecule has 0 bridgehead atoms. The maximum absolute atomic E-state index is 11.9. The maximum atomic E-state index is 11.9. The molecule has 0 spiro atoms. The standard InChI is InChI=1S/C23H27N5O5/c1-30-20-17(32-11-2-7-27-9-13-31-14-10-27)4-3-15-18(20)26-23(28-8-6-25-22(15)28)19-16(21(24)29)5-12-33-19/h3-5,12H,2,6-11,13-14H2,1H3,(H2,24,29). The Labute approximate surface area is 191 Å². The van der Waals surface area contributed by atoms with Gasteiger partial charge in [-0.15, -0.1) is 0 Å². The smallest absolute Gasteiger partial charge is 0.252 e. The quantitative estimate of drug-likeness (QED) is 0.604. The fourth-order valence-corrected chi connectivity index (χ4v) is 4.35. The minimum atomic E-state index is -0.575. The number of benzene rings is 1. The number of hydrogen-bond donors (Lipinski definition) is 1. The van der Waals surface area contributed by atoms with Gasteiger partial charge in [0.15, 0.2) is 23.1 Å². The number of nitrogens with two attached hydrogens (primary N) is 1. The van der Waals surface area contributed by atoms with E-state index in [2.05, 4.69) is 9.89 Å². The molecule has 4 heterocycles. The molecule has 5 rings (SSSR count). The summed E-state index contributed by atoms with van der Waals surface area (Å²) in [4.78, 5) is 25.7. The van der Waals surface area contributed by atoms with Gasteiger partial charge in [-0.1, -0.05) is 0 Å². The molecule has 0 saturated carbocycles. The van der Waals surface area contributed by atoms with Gasteiger partial charge in [0, 0.05) is 31.7 Å². The summed E-state index contributed by atoms with van der Waals surface area (Å²) in [5.74, 6) is 2.14. The minimum Gasteiger partial charge on any atom is -0.491 e. The van der Waals surface area contributed by atoms with E-state index < -0.39 is 5.91 Å². The lowest BCUT2D eigenvalue weighted by molar-refractivity contribution is 0.0357. The molecule has 174 valence electrons. The third-order valence-corrected chi connectivity index (χ3v) is 5.97. The van der Waals surface area contributed by atoms with Crippen molar-refractivity contribution in [3.05, 3.63) is 41.3 Å². The number of aliphatic imine (C=N–C) groups is 2. The second-order valence-corrected chi connectivity index (χ2v) is 7.97. The first-order valence-electron chi connectivity index (χ1n) is 11.1. The average molecular weight is 453 g/mol. The van der Waals surface area contributed by atoms with E-state index in [1.54, 1.807) is 13.2 Å². The Morgan fingerprint density at radius 2 is 2.03 bits per heavy atom. The van der Waals surface area contributed by atoms with Crippen molar-refractivity contribution < 1.29 is 23.4 Å². The predicted molar refractivity (Wildman–Crippen MR) is 122 cm³/mol. The fourth-order valence-electron chi connectivity index (χ4n) is 4.35. The summed E-state index contributed by atoms with van der Waals surface area (Å²) in [6.07, 6.45) is 2.33. The highest BCUT2D eigenvalue weighted by atomic mass is 16.5. The van der Waals surface area contributed by atoms with Crippen LogP contribution in [0.1, 0.15) is 28.1 Å². The molecule has 33 heavy (non-hydrogen) atoms. The van der Waals surface area contributed by atoms with Gasteiger partial charge in [-0.05, 0) is 24.6 Å². The first-order valence-corrected chi connectivity index (χ1v) is 11.1. The molecule has 2 aromatic rings. The summed E-state index contributed by atoms with van der Waals surface area (Å²) in [6.45, 7) is 6.24. The average Bonchev–Trinajstić information content (AvgIpc) is 3.52. The van der Waals surface area contributed by atoms with Crippen molar-refractivity contribution >= 4 is 23.3 Å². The van der Waals surface area contributed by atoms with Gasteiger partial charge < -0.3 is 29.3 Å². The molecule has 1 aromatic heterocycles. The van der Waals surface area contributed by atoms with Gasteiger partial charge in [-0.25, -0.2) is 4.99 Å². The number of methoxy groups -OCH3 is 1. The Bertz CT molecular complexity index is 1100. The van der Waals surface area contributed by atoms with Gasteiger partial charge in [0.25, 0.3) is 5.91 Å². The second-order valence-electron chi connectivity index (χ2n) is 7.97. The fraction of sp³-hybridized carbons (Fsp3) is 0.435. The van der Waals surface area contributed by atoms with E-state index in [9.17, 15) is 4.79 Å². The summed E-state index contributed by atoms with van der Waals surface area (Å²) in [5, 5.41) is 0. The maximum Gasteiger partial charge on any atom is 0.252 e. The molecular formula is C23H27N5O5. The number of morpholine rings is 1. The van der Waals surface area contributed by atoms with Crippen LogP contribution in [-0.4, -0.2) is 87.0 Å². The summed E-state index contributed by atoms with van der Waals surface area (Å²) in [7, 11) is 1.59. The lowest BCUT2D eigenvalue weighted by Gasteiger charge is -2.28. The minimum absolute atomic E-state index is 0.276. The van der Waals surface area contributed by atoms with E-state index >= 15 is 0 Å². The molecule has 1 saturated heterocycles. The number of carbonyl (C=O) groups excluding carboxylic acids is 1. The number of fused-ring (bicyclic) bond motifs is 3. The van der Waals surface area contributed by atoms with Crippen LogP contribution >= 0.6 is 0 Å². The monoisotopic (exact) mass is 453 g/mol. The number of furan rings is 1.